The molecular formula is C12H10N. The zero-order chi connectivity index (χ0) is 8.67. The van der Waals surface area contributed by atoms with Crippen LogP contribution < -0.4 is 0 Å². The smallest absolute Gasteiger partial charge is 0.0705 e. The van der Waals surface area contributed by atoms with E-state index < -0.39 is 0 Å². The van der Waals surface area contributed by atoms with Gasteiger partial charge in [-0.25, -0.2) is 0 Å². The first-order valence-corrected chi connectivity index (χ1v) is 4.64. The second-order valence-corrected chi connectivity index (χ2v) is 3.49. The van der Waals surface area contributed by atoms with Gasteiger partial charge in [-0.15, -0.1) is 0 Å². The predicted octanol–water partition coefficient (Wildman–Crippen LogP) is 2.95. The summed E-state index contributed by atoms with van der Waals surface area (Å²) in [5, 5.41) is 1.23. The average molecular weight is 168 g/mol. The number of para-hydroxylation sites is 1. The molecule has 0 unspecified atom stereocenters. The molecule has 1 heteroatoms. The van der Waals surface area contributed by atoms with Gasteiger partial charge in [0.2, 0.25) is 0 Å². The van der Waals surface area contributed by atoms with Crippen molar-refractivity contribution in [1.82, 2.24) is 4.98 Å². The van der Waals surface area contributed by atoms with Gasteiger partial charge in [0.05, 0.1) is 5.52 Å². The molecule has 2 aromatic rings. The third-order valence-corrected chi connectivity index (χ3v) is 2.46. The second-order valence-electron chi connectivity index (χ2n) is 3.49. The molecule has 13 heavy (non-hydrogen) atoms. The van der Waals surface area contributed by atoms with Gasteiger partial charge in [-0.05, 0) is 25.0 Å². The lowest BCUT2D eigenvalue weighted by atomic mass is 10.2. The number of benzene rings is 1. The van der Waals surface area contributed by atoms with Crippen molar-refractivity contribution in [2.45, 2.75) is 12.8 Å². The molecule has 0 amide bonds. The fourth-order valence-corrected chi connectivity index (χ4v) is 1.58. The molecule has 1 radical (unpaired) electrons. The van der Waals surface area contributed by atoms with Crippen molar-refractivity contribution in [3.05, 3.63) is 48.0 Å². The Labute approximate surface area is 77.4 Å². The number of fused-ring (bicyclic) bond motifs is 1. The van der Waals surface area contributed by atoms with Crippen LogP contribution in [0.4, 0.5) is 0 Å². The topological polar surface area (TPSA) is 12.9 Å². The average Bonchev–Trinajstić information content (AvgIpc) is 3.00. The molecular weight excluding hydrogens is 158 g/mol. The van der Waals surface area contributed by atoms with E-state index in [9.17, 15) is 0 Å². The molecule has 3 rings (SSSR count). The molecule has 1 nitrogen and oxygen atoms in total. The molecule has 0 N–H and O–H groups in total. The van der Waals surface area contributed by atoms with Gasteiger partial charge in [0.15, 0.2) is 0 Å². The summed E-state index contributed by atoms with van der Waals surface area (Å²) in [7, 11) is 0. The first kappa shape index (κ1) is 7.07. The van der Waals surface area contributed by atoms with Crippen LogP contribution in [0.5, 0.6) is 0 Å². The molecule has 1 aliphatic carbocycles. The minimum atomic E-state index is 1.11. The van der Waals surface area contributed by atoms with E-state index in [0.717, 1.165) is 5.52 Å². The monoisotopic (exact) mass is 168 g/mol. The molecule has 0 bridgehead atoms. The van der Waals surface area contributed by atoms with Crippen molar-refractivity contribution in [2.24, 2.45) is 0 Å². The Morgan fingerprint density at radius 2 is 1.77 bits per heavy atom. The Bertz CT molecular complexity index is 444. The molecule has 1 heterocycles. The fraction of sp³-hybridized carbons (Fsp3) is 0.167. The number of nitrogens with zero attached hydrogens (tertiary/aromatic N) is 1. The highest BCUT2D eigenvalue weighted by molar-refractivity contribution is 5.78. The Morgan fingerprint density at radius 3 is 2.62 bits per heavy atom. The molecule has 1 fully saturated rings. The number of pyridine rings is 1. The van der Waals surface area contributed by atoms with E-state index in [-0.39, 0.29) is 0 Å². The van der Waals surface area contributed by atoms with Crippen LogP contribution in [0.25, 0.3) is 10.9 Å². The molecule has 1 aliphatic rings. The van der Waals surface area contributed by atoms with Gasteiger partial charge < -0.3 is 0 Å². The van der Waals surface area contributed by atoms with E-state index in [1.807, 2.05) is 12.1 Å². The molecule has 0 atom stereocenters. The maximum atomic E-state index is 4.60. The van der Waals surface area contributed by atoms with E-state index >= 15 is 0 Å². The van der Waals surface area contributed by atoms with Crippen LogP contribution in [0.2, 0.25) is 0 Å². The fourth-order valence-electron chi connectivity index (χ4n) is 1.58. The van der Waals surface area contributed by atoms with Gasteiger partial charge in [0, 0.05) is 17.0 Å². The van der Waals surface area contributed by atoms with E-state index in [1.165, 1.54) is 29.8 Å². The number of hydrogen-bond donors (Lipinski definition) is 0. The van der Waals surface area contributed by atoms with E-state index in [1.54, 1.807) is 0 Å². The summed E-state index contributed by atoms with van der Waals surface area (Å²) in [6.07, 6.45) is 2.48. The standard InChI is InChI=1S/C12H10N/c1-2-4-11-9(3-1)7-8-12(13-11)10-5-6-10/h1-4,7-8H,5-6H2. The van der Waals surface area contributed by atoms with Crippen LogP contribution in [0, 0.1) is 5.92 Å². The summed E-state index contributed by atoms with van der Waals surface area (Å²) in [5.41, 5.74) is 2.30. The highest BCUT2D eigenvalue weighted by Gasteiger charge is 2.25. The first-order chi connectivity index (χ1) is 6.43. The number of hydrogen-bond acceptors (Lipinski definition) is 1. The molecule has 1 aromatic heterocycles. The van der Waals surface area contributed by atoms with Crippen molar-refractivity contribution >= 4 is 10.9 Å². The minimum absolute atomic E-state index is 1.11. The predicted molar refractivity (Wildman–Crippen MR) is 53.3 cm³/mol. The highest BCUT2D eigenvalue weighted by Crippen LogP contribution is 2.38. The van der Waals surface area contributed by atoms with Gasteiger partial charge in [-0.1, -0.05) is 24.3 Å². The van der Waals surface area contributed by atoms with Crippen LogP contribution in [-0.4, -0.2) is 4.98 Å². The Morgan fingerprint density at radius 1 is 0.923 bits per heavy atom. The third kappa shape index (κ3) is 1.21. The van der Waals surface area contributed by atoms with Crippen LogP contribution in [0.15, 0.2) is 36.4 Å². The van der Waals surface area contributed by atoms with Crippen molar-refractivity contribution in [2.75, 3.05) is 0 Å². The van der Waals surface area contributed by atoms with Gasteiger partial charge in [-0.3, -0.25) is 4.98 Å². The zero-order valence-corrected chi connectivity index (χ0v) is 7.33. The quantitative estimate of drug-likeness (QED) is 0.638. The first-order valence-electron chi connectivity index (χ1n) is 4.64. The summed E-state index contributed by atoms with van der Waals surface area (Å²) >= 11 is 0. The molecule has 0 saturated heterocycles. The van der Waals surface area contributed by atoms with Crippen molar-refractivity contribution < 1.29 is 0 Å². The molecule has 63 valence electrons. The lowest BCUT2D eigenvalue weighted by Gasteiger charge is -1.99. The van der Waals surface area contributed by atoms with Crippen molar-refractivity contribution in [3.8, 4) is 0 Å². The lowest BCUT2D eigenvalue weighted by molar-refractivity contribution is 1.24. The maximum Gasteiger partial charge on any atom is 0.0705 e. The van der Waals surface area contributed by atoms with Crippen LogP contribution in [-0.2, 0) is 0 Å². The maximum absolute atomic E-state index is 4.60. The molecule has 0 spiro atoms. The van der Waals surface area contributed by atoms with Crippen molar-refractivity contribution in [3.63, 3.8) is 0 Å². The van der Waals surface area contributed by atoms with Gasteiger partial charge in [0.1, 0.15) is 0 Å². The Hall–Kier alpha value is -1.37. The normalized spacial score (nSPS) is 16.3. The second kappa shape index (κ2) is 2.56. The molecule has 1 saturated carbocycles. The summed E-state index contributed by atoms with van der Waals surface area (Å²) in [4.78, 5) is 4.60. The highest BCUT2D eigenvalue weighted by atomic mass is 14.7. The van der Waals surface area contributed by atoms with E-state index in [0.29, 0.717) is 0 Å². The number of rotatable bonds is 1. The van der Waals surface area contributed by atoms with Crippen LogP contribution >= 0.6 is 0 Å². The lowest BCUT2D eigenvalue weighted by Crippen LogP contribution is -1.86. The summed E-state index contributed by atoms with van der Waals surface area (Å²) < 4.78 is 0. The Balaban J connectivity index is 2.21. The largest absolute Gasteiger partial charge is 0.252 e. The van der Waals surface area contributed by atoms with E-state index in [2.05, 4.69) is 29.2 Å². The molecule has 0 aliphatic heterocycles. The Kier molecular flexibility index (Phi) is 1.39. The van der Waals surface area contributed by atoms with Gasteiger partial charge in [0.25, 0.3) is 0 Å². The third-order valence-electron chi connectivity index (χ3n) is 2.46. The van der Waals surface area contributed by atoms with Gasteiger partial charge >= 0.3 is 0 Å². The summed E-state index contributed by atoms with van der Waals surface area (Å²) in [6, 6.07) is 12.5. The van der Waals surface area contributed by atoms with Crippen LogP contribution in [0.1, 0.15) is 18.5 Å². The minimum Gasteiger partial charge on any atom is -0.252 e. The summed E-state index contributed by atoms with van der Waals surface area (Å²) in [6.45, 7) is 0. The molecule has 1 aromatic carbocycles. The van der Waals surface area contributed by atoms with Crippen molar-refractivity contribution in [1.29, 1.82) is 0 Å². The van der Waals surface area contributed by atoms with E-state index in [4.69, 9.17) is 0 Å². The zero-order valence-electron chi connectivity index (χ0n) is 7.33. The van der Waals surface area contributed by atoms with Gasteiger partial charge in [-0.2, -0.15) is 0 Å². The SMILES string of the molecule is c1ccc2nc([C]3CC3)ccc2c1. The van der Waals surface area contributed by atoms with Crippen LogP contribution in [0.3, 0.4) is 0 Å². The number of aromatic nitrogens is 1. The summed E-state index contributed by atoms with van der Waals surface area (Å²) in [5.74, 6) is 1.51.